The second kappa shape index (κ2) is 4.30. The van der Waals surface area contributed by atoms with Gasteiger partial charge in [0.1, 0.15) is 5.82 Å². The van der Waals surface area contributed by atoms with Crippen LogP contribution in [0.3, 0.4) is 0 Å². The highest BCUT2D eigenvalue weighted by Crippen LogP contribution is 2.41. The van der Waals surface area contributed by atoms with Crippen LogP contribution in [0.4, 0.5) is 0 Å². The molecule has 1 N–H and O–H groups in total. The lowest BCUT2D eigenvalue weighted by molar-refractivity contribution is 0.534. The van der Waals surface area contributed by atoms with Gasteiger partial charge in [-0.05, 0) is 25.8 Å². The lowest BCUT2D eigenvalue weighted by atomic mass is 10.2. The number of imidazole rings is 1. The molecule has 0 bridgehead atoms. The summed E-state index contributed by atoms with van der Waals surface area (Å²) in [6.07, 6.45) is 3.24. The quantitative estimate of drug-likeness (QED) is 0.834. The van der Waals surface area contributed by atoms with Gasteiger partial charge in [-0.25, -0.2) is 9.78 Å². The van der Waals surface area contributed by atoms with E-state index in [2.05, 4.69) is 14.9 Å². The van der Waals surface area contributed by atoms with Gasteiger partial charge in [0, 0.05) is 32.6 Å². The van der Waals surface area contributed by atoms with E-state index in [1.165, 1.54) is 16.2 Å². The highest BCUT2D eigenvalue weighted by Gasteiger charge is 2.34. The van der Waals surface area contributed by atoms with Crippen molar-refractivity contribution >= 4 is 11.2 Å². The van der Waals surface area contributed by atoms with Crippen LogP contribution in [-0.2, 0) is 14.1 Å². The van der Waals surface area contributed by atoms with Crippen LogP contribution in [0.1, 0.15) is 37.0 Å². The molecule has 1 saturated carbocycles. The number of rotatable bonds is 2. The maximum absolute atomic E-state index is 12.6. The molecule has 0 amide bonds. The zero-order valence-electron chi connectivity index (χ0n) is 12.3. The number of aryl methyl sites for hydroxylation is 1. The predicted molar refractivity (Wildman–Crippen MR) is 78.7 cm³/mol. The molecule has 0 aromatic carbocycles. The van der Waals surface area contributed by atoms with Gasteiger partial charge in [-0.1, -0.05) is 0 Å². The summed E-state index contributed by atoms with van der Waals surface area (Å²) in [5.41, 5.74) is 0.551. The van der Waals surface area contributed by atoms with Gasteiger partial charge < -0.3 is 9.88 Å². The first-order valence-corrected chi connectivity index (χ1v) is 7.48. The minimum Gasteiger partial charge on any atom is -0.317 e. The Hall–Kier alpha value is -1.89. The Morgan fingerprint density at radius 1 is 1.14 bits per heavy atom. The van der Waals surface area contributed by atoms with Gasteiger partial charge in [-0.3, -0.25) is 13.9 Å². The zero-order chi connectivity index (χ0) is 14.7. The van der Waals surface area contributed by atoms with Crippen molar-refractivity contribution in [3.8, 4) is 0 Å². The fourth-order valence-corrected chi connectivity index (χ4v) is 3.29. The van der Waals surface area contributed by atoms with Crippen LogP contribution >= 0.6 is 0 Å². The van der Waals surface area contributed by atoms with Crippen LogP contribution in [0.15, 0.2) is 9.59 Å². The highest BCUT2D eigenvalue weighted by atomic mass is 16.2. The molecule has 1 aliphatic carbocycles. The molecule has 1 aliphatic heterocycles. The second-order valence-electron chi connectivity index (χ2n) is 6.14. The first-order chi connectivity index (χ1) is 10.1. The number of aromatic nitrogens is 4. The van der Waals surface area contributed by atoms with Gasteiger partial charge in [0.05, 0.1) is 0 Å². The van der Waals surface area contributed by atoms with Crippen molar-refractivity contribution in [1.29, 1.82) is 0 Å². The molecule has 112 valence electrons. The van der Waals surface area contributed by atoms with Crippen molar-refractivity contribution in [2.24, 2.45) is 14.1 Å². The van der Waals surface area contributed by atoms with E-state index < -0.39 is 0 Å². The van der Waals surface area contributed by atoms with Crippen LogP contribution in [0.25, 0.3) is 11.2 Å². The van der Waals surface area contributed by atoms with Gasteiger partial charge in [0.2, 0.25) is 0 Å². The van der Waals surface area contributed by atoms with Gasteiger partial charge >= 0.3 is 5.69 Å². The van der Waals surface area contributed by atoms with E-state index in [9.17, 15) is 9.59 Å². The zero-order valence-corrected chi connectivity index (χ0v) is 12.3. The van der Waals surface area contributed by atoms with Crippen LogP contribution in [0, 0.1) is 0 Å². The molecule has 7 heteroatoms. The Morgan fingerprint density at radius 3 is 2.52 bits per heavy atom. The van der Waals surface area contributed by atoms with Crippen molar-refractivity contribution in [3.63, 3.8) is 0 Å². The predicted octanol–water partition coefficient (Wildman–Crippen LogP) is -0.155. The second-order valence-corrected chi connectivity index (χ2v) is 6.14. The van der Waals surface area contributed by atoms with Crippen molar-refractivity contribution in [2.75, 3.05) is 13.1 Å². The Bertz CT molecular complexity index is 834. The summed E-state index contributed by atoms with van der Waals surface area (Å²) in [4.78, 5) is 29.4. The molecular weight excluding hydrogens is 270 g/mol. The summed E-state index contributed by atoms with van der Waals surface area (Å²) in [6, 6.07) is 0.260. The molecule has 1 saturated heterocycles. The monoisotopic (exact) mass is 289 g/mol. The molecule has 0 spiro atoms. The number of hydrogen-bond acceptors (Lipinski definition) is 4. The fraction of sp³-hybridized carbons (Fsp3) is 0.643. The number of nitrogens with one attached hydrogen (secondary N) is 1. The van der Waals surface area contributed by atoms with Crippen molar-refractivity contribution in [2.45, 2.75) is 31.2 Å². The number of fused-ring (bicyclic) bond motifs is 1. The average molecular weight is 289 g/mol. The maximum Gasteiger partial charge on any atom is 0.332 e. The summed E-state index contributed by atoms with van der Waals surface area (Å²) in [5.74, 6) is 1.43. The maximum atomic E-state index is 12.6. The third-order valence-electron chi connectivity index (χ3n) is 4.66. The third kappa shape index (κ3) is 1.73. The molecule has 2 aliphatic rings. The topological polar surface area (TPSA) is 73.8 Å². The van der Waals surface area contributed by atoms with Crippen LogP contribution in [0.5, 0.6) is 0 Å². The lowest BCUT2D eigenvalue weighted by Gasteiger charge is -2.15. The normalized spacial score (nSPS) is 22.3. The minimum absolute atomic E-state index is 0.237. The molecule has 2 aromatic rings. The van der Waals surface area contributed by atoms with Gasteiger partial charge in [0.25, 0.3) is 5.56 Å². The standard InChI is InChI=1S/C14H19N5O2/c1-17-12-10(13(20)18(2)14(17)21)19(9-5-6-15-7-9)11(16-12)8-3-4-8/h8-9,15H,3-7H2,1-2H3. The van der Waals surface area contributed by atoms with E-state index in [-0.39, 0.29) is 17.3 Å². The van der Waals surface area contributed by atoms with Crippen molar-refractivity contribution in [1.82, 2.24) is 24.0 Å². The average Bonchev–Trinajstić information content (AvgIpc) is 3.03. The van der Waals surface area contributed by atoms with Crippen LogP contribution in [-0.4, -0.2) is 31.8 Å². The van der Waals surface area contributed by atoms with E-state index in [4.69, 9.17) is 0 Å². The smallest absolute Gasteiger partial charge is 0.317 e. The van der Waals surface area contributed by atoms with Crippen molar-refractivity contribution < 1.29 is 0 Å². The number of nitrogens with zero attached hydrogens (tertiary/aromatic N) is 4. The summed E-state index contributed by atoms with van der Waals surface area (Å²) < 4.78 is 4.77. The summed E-state index contributed by atoms with van der Waals surface area (Å²) in [5, 5.41) is 3.35. The van der Waals surface area contributed by atoms with Crippen molar-refractivity contribution in [3.05, 3.63) is 26.7 Å². The van der Waals surface area contributed by atoms with Gasteiger partial charge in [-0.15, -0.1) is 0 Å². The molecule has 21 heavy (non-hydrogen) atoms. The summed E-state index contributed by atoms with van der Waals surface area (Å²) >= 11 is 0. The Kier molecular flexibility index (Phi) is 2.63. The van der Waals surface area contributed by atoms with Crippen LogP contribution in [0.2, 0.25) is 0 Å². The molecule has 4 rings (SSSR count). The molecule has 1 unspecified atom stereocenters. The largest absolute Gasteiger partial charge is 0.332 e. The van der Waals surface area contributed by atoms with E-state index in [0.29, 0.717) is 17.1 Å². The van der Waals surface area contributed by atoms with E-state index >= 15 is 0 Å². The van der Waals surface area contributed by atoms with Gasteiger partial charge in [0.15, 0.2) is 11.2 Å². The SMILES string of the molecule is Cn1c(=O)c2c(nc(C3CC3)n2C2CCNC2)n(C)c1=O. The van der Waals surface area contributed by atoms with Crippen LogP contribution < -0.4 is 16.6 Å². The van der Waals surface area contributed by atoms with Gasteiger partial charge in [-0.2, -0.15) is 0 Å². The highest BCUT2D eigenvalue weighted by molar-refractivity contribution is 5.71. The molecule has 7 nitrogen and oxygen atoms in total. The minimum atomic E-state index is -0.316. The molecule has 3 heterocycles. The number of hydrogen-bond donors (Lipinski definition) is 1. The van der Waals surface area contributed by atoms with E-state index in [0.717, 1.165) is 38.2 Å². The first kappa shape index (κ1) is 12.8. The molecule has 0 radical (unpaired) electrons. The molecule has 2 fully saturated rings. The molecular formula is C14H19N5O2. The Balaban J connectivity index is 2.11. The summed E-state index contributed by atoms with van der Waals surface area (Å²) in [6.45, 7) is 1.82. The van der Waals surface area contributed by atoms with E-state index in [1.807, 2.05) is 0 Å². The molecule has 1 atom stereocenters. The molecule has 2 aromatic heterocycles. The Morgan fingerprint density at radius 2 is 1.90 bits per heavy atom. The summed E-state index contributed by atoms with van der Waals surface area (Å²) in [7, 11) is 3.22. The van der Waals surface area contributed by atoms with E-state index in [1.54, 1.807) is 7.05 Å². The third-order valence-corrected chi connectivity index (χ3v) is 4.66. The lowest BCUT2D eigenvalue weighted by Crippen LogP contribution is -2.38. The fourth-order valence-electron chi connectivity index (χ4n) is 3.29. The Labute approximate surface area is 121 Å². The first-order valence-electron chi connectivity index (χ1n) is 7.48.